The molecule has 0 rings (SSSR count). The van der Waals surface area contributed by atoms with Crippen LogP contribution in [0.1, 0.15) is 13.3 Å². The van der Waals surface area contributed by atoms with Gasteiger partial charge in [0.15, 0.2) is 0 Å². The van der Waals surface area contributed by atoms with Gasteiger partial charge < -0.3 is 0 Å². The summed E-state index contributed by atoms with van der Waals surface area (Å²) in [6, 6.07) is 0. The van der Waals surface area contributed by atoms with Crippen molar-refractivity contribution in [1.82, 2.24) is 0 Å². The van der Waals surface area contributed by atoms with Crippen LogP contribution >= 0.6 is 0 Å². The third kappa shape index (κ3) is 3.93. The molecule has 0 bridgehead atoms. The van der Waals surface area contributed by atoms with Crippen LogP contribution in [0.25, 0.3) is 0 Å². The summed E-state index contributed by atoms with van der Waals surface area (Å²) in [5.74, 6) is 2.12. The van der Waals surface area contributed by atoms with E-state index in [9.17, 15) is 0 Å². The molecule has 28 valence electrons. The van der Waals surface area contributed by atoms with Gasteiger partial charge in [0.05, 0.1) is 0 Å². The fraction of sp³-hybridized carbons (Fsp3) is 0.750. The molecule has 0 aliphatic carbocycles. The molecule has 0 radical (unpaired) electrons. The first-order chi connectivity index (χ1) is 2.41. The van der Waals surface area contributed by atoms with Crippen molar-refractivity contribution in [2.24, 2.45) is 0 Å². The van der Waals surface area contributed by atoms with Gasteiger partial charge in [0.25, 0.3) is 0 Å². The molecule has 0 aromatic rings. The zero-order chi connectivity index (χ0) is 4.12. The van der Waals surface area contributed by atoms with E-state index in [4.69, 9.17) is 0 Å². The molecule has 0 N–H and O–H groups in total. The Morgan fingerprint density at radius 3 is 2.40 bits per heavy atom. The third-order valence-electron chi connectivity index (χ3n) is 0.471. The number of hydrogen-bond acceptors (Lipinski definition) is 0. The molecule has 0 aliphatic rings. The SMILES string of the molecule is CB=CCC. The van der Waals surface area contributed by atoms with Crippen molar-refractivity contribution in [3.63, 3.8) is 0 Å². The van der Waals surface area contributed by atoms with Crippen molar-refractivity contribution in [3.8, 4) is 0 Å². The van der Waals surface area contributed by atoms with Crippen LogP contribution in [0.5, 0.6) is 0 Å². The molecule has 0 saturated heterocycles. The summed E-state index contributed by atoms with van der Waals surface area (Å²) in [7, 11) is 0. The Morgan fingerprint density at radius 2 is 2.40 bits per heavy atom. The minimum absolute atomic E-state index is 1.16. The summed E-state index contributed by atoms with van der Waals surface area (Å²) >= 11 is 0. The number of hydrogen-bond donors (Lipinski definition) is 0. The summed E-state index contributed by atoms with van der Waals surface area (Å²) in [6.45, 7) is 6.21. The van der Waals surface area contributed by atoms with Crippen molar-refractivity contribution >= 4 is 12.9 Å². The van der Waals surface area contributed by atoms with Crippen LogP contribution in [-0.2, 0) is 0 Å². The second-order valence-electron chi connectivity index (χ2n) is 0.977. The zero-order valence-corrected chi connectivity index (χ0v) is 3.86. The van der Waals surface area contributed by atoms with E-state index in [2.05, 4.69) is 19.8 Å². The summed E-state index contributed by atoms with van der Waals surface area (Å²) < 4.78 is 0. The van der Waals surface area contributed by atoms with E-state index in [-0.39, 0.29) is 0 Å². The third-order valence-corrected chi connectivity index (χ3v) is 0.471. The quantitative estimate of drug-likeness (QED) is 0.401. The van der Waals surface area contributed by atoms with Crippen LogP contribution < -0.4 is 0 Å². The van der Waals surface area contributed by atoms with Gasteiger partial charge in [-0.1, -0.05) is 0 Å². The van der Waals surface area contributed by atoms with E-state index in [1.54, 1.807) is 0 Å². The predicted molar refractivity (Wildman–Crippen MR) is 28.0 cm³/mol. The van der Waals surface area contributed by atoms with E-state index in [0.717, 1.165) is 6.42 Å². The average Bonchev–Trinajstić information content (AvgIpc) is 1.41. The first-order valence-electron chi connectivity index (χ1n) is 2.03. The summed E-state index contributed by atoms with van der Waals surface area (Å²) in [4.78, 5) is 0. The van der Waals surface area contributed by atoms with E-state index in [1.807, 2.05) is 6.82 Å². The van der Waals surface area contributed by atoms with Crippen LogP contribution in [0, 0.1) is 0 Å². The topological polar surface area (TPSA) is 0 Å². The Hall–Kier alpha value is -0.0651. The molecule has 5 heavy (non-hydrogen) atoms. The minimum atomic E-state index is 1.16. The van der Waals surface area contributed by atoms with Gasteiger partial charge in [-0.3, -0.25) is 0 Å². The fourth-order valence-electron chi connectivity index (χ4n) is 0.236. The maximum atomic E-state index is 2.12. The van der Waals surface area contributed by atoms with Crippen LogP contribution in [0.4, 0.5) is 0 Å². The molecule has 0 saturated carbocycles. The molecule has 0 fully saturated rings. The molecule has 0 heterocycles. The maximum absolute atomic E-state index is 2.12. The summed E-state index contributed by atoms with van der Waals surface area (Å²) in [6.07, 6.45) is 1.16. The molecule has 0 amide bonds. The molecule has 0 atom stereocenters. The summed E-state index contributed by atoms with van der Waals surface area (Å²) in [5.41, 5.74) is 0. The second-order valence-corrected chi connectivity index (χ2v) is 0.977. The van der Waals surface area contributed by atoms with Crippen molar-refractivity contribution < 1.29 is 0 Å². The van der Waals surface area contributed by atoms with Gasteiger partial charge in [-0.05, 0) is 0 Å². The van der Waals surface area contributed by atoms with Crippen molar-refractivity contribution in [1.29, 1.82) is 0 Å². The Labute approximate surface area is 34.1 Å². The van der Waals surface area contributed by atoms with Gasteiger partial charge in [0, 0.05) is 0 Å². The Bertz CT molecular complexity index is 30.6. The molecular weight excluding hydrogens is 58.9 g/mol. The standard InChI is InChI=1S/C4H9B/c1-3-4-5-2/h4H,3H2,1-2H3. The normalized spacial score (nSPS) is 8.40. The molecule has 0 aromatic heterocycles. The summed E-state index contributed by atoms with van der Waals surface area (Å²) in [5, 5.41) is 0. The zero-order valence-electron chi connectivity index (χ0n) is 3.86. The molecular formula is C4H9B. The van der Waals surface area contributed by atoms with Crippen molar-refractivity contribution in [2.45, 2.75) is 20.2 Å². The van der Waals surface area contributed by atoms with E-state index >= 15 is 0 Å². The average molecular weight is 67.9 g/mol. The molecule has 0 aromatic carbocycles. The van der Waals surface area contributed by atoms with Crippen molar-refractivity contribution in [2.75, 3.05) is 0 Å². The predicted octanol–water partition coefficient (Wildman–Crippen LogP) is 0.951. The van der Waals surface area contributed by atoms with Gasteiger partial charge in [-0.25, -0.2) is 0 Å². The Balaban J connectivity index is 2.62. The fourth-order valence-corrected chi connectivity index (χ4v) is 0.236. The van der Waals surface area contributed by atoms with Crippen molar-refractivity contribution in [3.05, 3.63) is 0 Å². The van der Waals surface area contributed by atoms with Crippen LogP contribution in [0.2, 0.25) is 6.82 Å². The molecule has 0 spiro atoms. The van der Waals surface area contributed by atoms with Crippen LogP contribution in [0.3, 0.4) is 0 Å². The van der Waals surface area contributed by atoms with E-state index in [1.165, 1.54) is 0 Å². The monoisotopic (exact) mass is 68.1 g/mol. The Kier molecular flexibility index (Phi) is 3.88. The molecule has 0 unspecified atom stereocenters. The van der Waals surface area contributed by atoms with Gasteiger partial charge in [0.2, 0.25) is 0 Å². The molecule has 1 heteroatoms. The van der Waals surface area contributed by atoms with E-state index in [0.29, 0.717) is 0 Å². The van der Waals surface area contributed by atoms with Gasteiger partial charge in [-0.15, -0.1) is 0 Å². The van der Waals surface area contributed by atoms with Gasteiger partial charge in [0.1, 0.15) is 0 Å². The number of rotatable bonds is 1. The van der Waals surface area contributed by atoms with Gasteiger partial charge in [-0.2, -0.15) is 0 Å². The first kappa shape index (κ1) is 4.93. The molecule has 0 nitrogen and oxygen atoms in total. The second kappa shape index (κ2) is 3.93. The molecule has 0 aliphatic heterocycles. The first-order valence-corrected chi connectivity index (χ1v) is 2.03. The van der Waals surface area contributed by atoms with E-state index < -0.39 is 0 Å². The van der Waals surface area contributed by atoms with Gasteiger partial charge >= 0.3 is 33.1 Å². The Morgan fingerprint density at radius 1 is 1.80 bits per heavy atom. The van der Waals surface area contributed by atoms with Crippen LogP contribution in [-0.4, -0.2) is 12.9 Å². The van der Waals surface area contributed by atoms with Crippen LogP contribution in [0.15, 0.2) is 0 Å².